The standard InChI is InChI=1S/C23H16BrNO8/c1-30-7-6-25-20(26)16-9-12-2-4-15(11-19(12)33-21(16)27)31-22(28)17-10-13-8-14(24)3-5-18(13)32-23(17)29/h2-5,8-11H,6-7H2,1H3,(H,25,26). The molecule has 0 spiro atoms. The van der Waals surface area contributed by atoms with E-state index in [9.17, 15) is 19.2 Å². The van der Waals surface area contributed by atoms with E-state index in [1.54, 1.807) is 18.2 Å². The van der Waals surface area contributed by atoms with Crippen molar-refractivity contribution in [3.05, 3.63) is 85.0 Å². The first kappa shape index (κ1) is 22.4. The normalized spacial score (nSPS) is 11.0. The van der Waals surface area contributed by atoms with Crippen molar-refractivity contribution in [3.63, 3.8) is 0 Å². The highest BCUT2D eigenvalue weighted by Gasteiger charge is 2.18. The molecule has 2 aromatic carbocycles. The van der Waals surface area contributed by atoms with Gasteiger partial charge in [-0.25, -0.2) is 14.4 Å². The molecule has 0 unspecified atom stereocenters. The summed E-state index contributed by atoms with van der Waals surface area (Å²) in [5.41, 5.74) is -1.70. The number of benzene rings is 2. The highest BCUT2D eigenvalue weighted by atomic mass is 79.9. The van der Waals surface area contributed by atoms with Gasteiger partial charge in [0.05, 0.1) is 6.61 Å². The number of nitrogens with one attached hydrogen (secondary N) is 1. The van der Waals surface area contributed by atoms with Crippen molar-refractivity contribution in [2.24, 2.45) is 0 Å². The maximum atomic E-state index is 12.6. The summed E-state index contributed by atoms with van der Waals surface area (Å²) in [5.74, 6) is -1.48. The zero-order valence-corrected chi connectivity index (χ0v) is 18.8. The molecule has 0 aliphatic heterocycles. The number of esters is 1. The van der Waals surface area contributed by atoms with Gasteiger partial charge in [-0.3, -0.25) is 4.79 Å². The monoisotopic (exact) mass is 513 g/mol. The number of amides is 1. The molecular formula is C23H16BrNO8. The van der Waals surface area contributed by atoms with Gasteiger partial charge in [0.15, 0.2) is 0 Å². The molecule has 4 rings (SSSR count). The molecule has 2 aromatic heterocycles. The van der Waals surface area contributed by atoms with Crippen molar-refractivity contribution in [1.82, 2.24) is 5.32 Å². The fourth-order valence-electron chi connectivity index (χ4n) is 3.07. The van der Waals surface area contributed by atoms with E-state index in [1.165, 1.54) is 37.4 Å². The highest BCUT2D eigenvalue weighted by molar-refractivity contribution is 9.10. The van der Waals surface area contributed by atoms with Crippen molar-refractivity contribution in [2.45, 2.75) is 0 Å². The number of ether oxygens (including phenoxy) is 2. The number of fused-ring (bicyclic) bond motifs is 2. The molecule has 0 saturated heterocycles. The van der Waals surface area contributed by atoms with Crippen LogP contribution in [0.25, 0.3) is 21.9 Å². The Morgan fingerprint density at radius 1 is 0.909 bits per heavy atom. The first-order valence-corrected chi connectivity index (χ1v) is 10.5. The zero-order chi connectivity index (χ0) is 23.5. The van der Waals surface area contributed by atoms with E-state index < -0.39 is 23.1 Å². The molecule has 10 heteroatoms. The SMILES string of the molecule is COCCNC(=O)c1cc2ccc(OC(=O)c3cc4cc(Br)ccc4oc3=O)cc2oc1=O. The number of carbonyl (C=O) groups excluding carboxylic acids is 2. The molecule has 2 heterocycles. The number of hydrogen-bond donors (Lipinski definition) is 1. The van der Waals surface area contributed by atoms with E-state index in [4.69, 9.17) is 18.3 Å². The Kier molecular flexibility index (Phi) is 6.38. The van der Waals surface area contributed by atoms with Crippen LogP contribution in [0.3, 0.4) is 0 Å². The first-order valence-electron chi connectivity index (χ1n) is 9.66. The number of hydrogen-bond acceptors (Lipinski definition) is 8. The molecule has 0 atom stereocenters. The van der Waals surface area contributed by atoms with Crippen LogP contribution in [0.5, 0.6) is 5.75 Å². The largest absolute Gasteiger partial charge is 0.423 e. The van der Waals surface area contributed by atoms with Gasteiger partial charge in [-0.2, -0.15) is 0 Å². The molecule has 1 amide bonds. The van der Waals surface area contributed by atoms with Crippen molar-refractivity contribution in [1.29, 1.82) is 0 Å². The van der Waals surface area contributed by atoms with Crippen LogP contribution in [0.2, 0.25) is 0 Å². The second kappa shape index (κ2) is 9.39. The second-order valence-corrected chi connectivity index (χ2v) is 7.83. The van der Waals surface area contributed by atoms with Crippen molar-refractivity contribution < 1.29 is 27.9 Å². The van der Waals surface area contributed by atoms with Crippen LogP contribution < -0.4 is 21.3 Å². The predicted molar refractivity (Wildman–Crippen MR) is 122 cm³/mol. The quantitative estimate of drug-likeness (QED) is 0.180. The average molecular weight is 514 g/mol. The lowest BCUT2D eigenvalue weighted by Crippen LogP contribution is -2.30. The van der Waals surface area contributed by atoms with Gasteiger partial charge in [0.25, 0.3) is 5.91 Å². The molecule has 168 valence electrons. The minimum Gasteiger partial charge on any atom is -0.423 e. The summed E-state index contributed by atoms with van der Waals surface area (Å²) in [7, 11) is 1.49. The highest BCUT2D eigenvalue weighted by Crippen LogP contribution is 2.23. The van der Waals surface area contributed by atoms with E-state index in [-0.39, 0.29) is 29.0 Å². The molecule has 9 nitrogen and oxygen atoms in total. The van der Waals surface area contributed by atoms with Crippen LogP contribution >= 0.6 is 15.9 Å². The van der Waals surface area contributed by atoms with Crippen LogP contribution in [0.4, 0.5) is 0 Å². The van der Waals surface area contributed by atoms with Gasteiger partial charge in [0, 0.05) is 35.0 Å². The van der Waals surface area contributed by atoms with E-state index >= 15 is 0 Å². The third-order valence-corrected chi connectivity index (χ3v) is 5.16. The van der Waals surface area contributed by atoms with Crippen molar-refractivity contribution in [2.75, 3.05) is 20.3 Å². The minimum atomic E-state index is -0.929. The van der Waals surface area contributed by atoms with Gasteiger partial charge in [0.2, 0.25) is 0 Å². The van der Waals surface area contributed by atoms with E-state index in [1.807, 2.05) is 0 Å². The van der Waals surface area contributed by atoms with Crippen LogP contribution in [-0.2, 0) is 4.74 Å². The van der Waals surface area contributed by atoms with Gasteiger partial charge < -0.3 is 23.6 Å². The number of carbonyl (C=O) groups is 2. The van der Waals surface area contributed by atoms with Crippen LogP contribution in [0.15, 0.2) is 71.4 Å². The summed E-state index contributed by atoms with van der Waals surface area (Å²) in [6, 6.07) is 12.1. The second-order valence-electron chi connectivity index (χ2n) is 6.92. The summed E-state index contributed by atoms with van der Waals surface area (Å²) in [5, 5.41) is 3.53. The number of rotatable bonds is 6. The van der Waals surface area contributed by atoms with Gasteiger partial charge in [-0.05, 0) is 42.5 Å². The number of methoxy groups -OCH3 is 1. The maximum Gasteiger partial charge on any atom is 0.351 e. The maximum absolute atomic E-state index is 12.6. The molecule has 4 aromatic rings. The minimum absolute atomic E-state index is 0.0432. The molecular weight excluding hydrogens is 498 g/mol. The summed E-state index contributed by atoms with van der Waals surface area (Å²) in [4.78, 5) is 49.2. The molecule has 0 aliphatic carbocycles. The van der Waals surface area contributed by atoms with E-state index in [0.29, 0.717) is 23.0 Å². The summed E-state index contributed by atoms with van der Waals surface area (Å²) in [6.07, 6.45) is 0. The Morgan fingerprint density at radius 3 is 2.42 bits per heavy atom. The molecule has 0 fully saturated rings. The van der Waals surface area contributed by atoms with Crippen LogP contribution in [0, 0.1) is 0 Å². The van der Waals surface area contributed by atoms with Gasteiger partial charge in [-0.15, -0.1) is 0 Å². The molecule has 1 N–H and O–H groups in total. The Bertz CT molecular complexity index is 1500. The Labute approximate surface area is 194 Å². The number of halogens is 1. The van der Waals surface area contributed by atoms with Crippen molar-refractivity contribution in [3.8, 4) is 5.75 Å². The topological polar surface area (TPSA) is 125 Å². The summed E-state index contributed by atoms with van der Waals surface area (Å²) < 4.78 is 21.3. The fraction of sp³-hybridized carbons (Fsp3) is 0.130. The third-order valence-electron chi connectivity index (χ3n) is 4.67. The van der Waals surface area contributed by atoms with Crippen LogP contribution in [-0.4, -0.2) is 32.1 Å². The Balaban J connectivity index is 1.60. The molecule has 33 heavy (non-hydrogen) atoms. The zero-order valence-electron chi connectivity index (χ0n) is 17.2. The third kappa shape index (κ3) is 4.86. The van der Waals surface area contributed by atoms with Gasteiger partial charge >= 0.3 is 17.2 Å². The summed E-state index contributed by atoms with van der Waals surface area (Å²) >= 11 is 3.32. The van der Waals surface area contributed by atoms with Gasteiger partial charge in [0.1, 0.15) is 28.0 Å². The Morgan fingerprint density at radius 2 is 1.64 bits per heavy atom. The molecule has 0 radical (unpaired) electrons. The van der Waals surface area contributed by atoms with Gasteiger partial charge in [-0.1, -0.05) is 15.9 Å². The predicted octanol–water partition coefficient (Wildman–Crippen LogP) is 3.26. The summed E-state index contributed by atoms with van der Waals surface area (Å²) in [6.45, 7) is 0.535. The molecule has 0 saturated carbocycles. The van der Waals surface area contributed by atoms with E-state index in [2.05, 4.69) is 21.2 Å². The lowest BCUT2D eigenvalue weighted by molar-refractivity contribution is 0.0730. The first-order chi connectivity index (χ1) is 15.9. The lowest BCUT2D eigenvalue weighted by atomic mass is 10.1. The molecule has 0 aliphatic rings. The lowest BCUT2D eigenvalue weighted by Gasteiger charge is -2.07. The Hall–Kier alpha value is -3.76. The average Bonchev–Trinajstić information content (AvgIpc) is 2.78. The smallest absolute Gasteiger partial charge is 0.351 e. The fourth-order valence-corrected chi connectivity index (χ4v) is 3.45. The van der Waals surface area contributed by atoms with Crippen LogP contribution in [0.1, 0.15) is 20.7 Å². The molecule has 0 bridgehead atoms. The van der Waals surface area contributed by atoms with Crippen molar-refractivity contribution >= 4 is 49.7 Å². The van der Waals surface area contributed by atoms with E-state index in [0.717, 1.165) is 4.47 Å².